The molecular formula is C12H16BO3. The molecule has 2 N–H and O–H groups in total. The lowest BCUT2D eigenvalue weighted by Crippen LogP contribution is -2.22. The van der Waals surface area contributed by atoms with Crippen molar-refractivity contribution in [1.29, 1.82) is 0 Å². The summed E-state index contributed by atoms with van der Waals surface area (Å²) in [5, 5.41) is 17.8. The molecule has 1 aromatic rings. The van der Waals surface area contributed by atoms with Crippen molar-refractivity contribution in [3.05, 3.63) is 29.8 Å². The molecule has 0 fully saturated rings. The number of hydrogen-bond donors (Lipinski definition) is 2. The Morgan fingerprint density at radius 3 is 2.25 bits per heavy atom. The molecule has 3 nitrogen and oxygen atoms in total. The number of aliphatic carboxylic acids is 1. The Morgan fingerprint density at radius 2 is 1.88 bits per heavy atom. The molecule has 0 saturated carbocycles. The third-order valence-corrected chi connectivity index (χ3v) is 2.71. The Bertz CT molecular complexity index is 346. The van der Waals surface area contributed by atoms with E-state index in [2.05, 4.69) is 0 Å². The molecular weight excluding hydrogens is 203 g/mol. The van der Waals surface area contributed by atoms with Crippen LogP contribution in [0.2, 0.25) is 0 Å². The van der Waals surface area contributed by atoms with Crippen LogP contribution in [0.4, 0.5) is 0 Å². The molecule has 85 valence electrons. The van der Waals surface area contributed by atoms with Crippen LogP contribution >= 0.6 is 0 Å². The molecule has 0 spiro atoms. The van der Waals surface area contributed by atoms with Gasteiger partial charge >= 0.3 is 13.5 Å². The van der Waals surface area contributed by atoms with Gasteiger partial charge in [0.1, 0.15) is 0 Å². The molecule has 1 radical (unpaired) electrons. The van der Waals surface area contributed by atoms with Crippen LogP contribution < -0.4 is 5.46 Å². The number of rotatable bonds is 5. The SMILES string of the molecule is CC(C)C(Cc1ccc([B]O)cc1)C(=O)O. The molecule has 4 heteroatoms. The van der Waals surface area contributed by atoms with Gasteiger partial charge < -0.3 is 10.1 Å². The van der Waals surface area contributed by atoms with Crippen molar-refractivity contribution in [2.24, 2.45) is 11.8 Å². The molecule has 1 rings (SSSR count). The second-order valence-corrected chi connectivity index (χ2v) is 4.26. The summed E-state index contributed by atoms with van der Waals surface area (Å²) in [6.07, 6.45) is 0.526. The van der Waals surface area contributed by atoms with Crippen molar-refractivity contribution in [2.75, 3.05) is 0 Å². The molecule has 1 unspecified atom stereocenters. The Balaban J connectivity index is 2.74. The Kier molecular flexibility index (Phi) is 4.56. The Morgan fingerprint density at radius 1 is 1.31 bits per heavy atom. The summed E-state index contributed by atoms with van der Waals surface area (Å²) in [5.41, 5.74) is 1.70. The fourth-order valence-corrected chi connectivity index (χ4v) is 1.60. The van der Waals surface area contributed by atoms with Gasteiger partial charge in [0.25, 0.3) is 0 Å². The number of benzene rings is 1. The summed E-state index contributed by atoms with van der Waals surface area (Å²) >= 11 is 0. The number of carbonyl (C=O) groups is 1. The summed E-state index contributed by atoms with van der Waals surface area (Å²) in [7, 11) is 1.03. The minimum atomic E-state index is -0.757. The third-order valence-electron chi connectivity index (χ3n) is 2.71. The zero-order valence-electron chi connectivity index (χ0n) is 9.55. The van der Waals surface area contributed by atoms with Crippen LogP contribution in [0.5, 0.6) is 0 Å². The first-order valence-electron chi connectivity index (χ1n) is 5.33. The van der Waals surface area contributed by atoms with Crippen molar-refractivity contribution in [1.82, 2.24) is 0 Å². The largest absolute Gasteiger partial charge is 0.481 e. The molecule has 0 aromatic heterocycles. The van der Waals surface area contributed by atoms with Crippen LogP contribution in [0.15, 0.2) is 24.3 Å². The molecule has 1 aromatic carbocycles. The molecule has 0 aliphatic rings. The van der Waals surface area contributed by atoms with E-state index in [-0.39, 0.29) is 11.8 Å². The molecule has 0 amide bonds. The van der Waals surface area contributed by atoms with E-state index >= 15 is 0 Å². The van der Waals surface area contributed by atoms with Gasteiger partial charge in [-0.25, -0.2) is 0 Å². The highest BCUT2D eigenvalue weighted by atomic mass is 16.4. The summed E-state index contributed by atoms with van der Waals surface area (Å²) in [6, 6.07) is 7.24. The van der Waals surface area contributed by atoms with Crippen molar-refractivity contribution in [3.8, 4) is 0 Å². The first-order valence-corrected chi connectivity index (χ1v) is 5.33. The fraction of sp³-hybridized carbons (Fsp3) is 0.417. The van der Waals surface area contributed by atoms with Gasteiger partial charge in [-0.3, -0.25) is 4.79 Å². The second kappa shape index (κ2) is 5.70. The van der Waals surface area contributed by atoms with Crippen LogP contribution in [-0.4, -0.2) is 23.6 Å². The quantitative estimate of drug-likeness (QED) is 0.721. The monoisotopic (exact) mass is 219 g/mol. The number of carboxylic acids is 1. The van der Waals surface area contributed by atoms with Crippen LogP contribution in [0, 0.1) is 11.8 Å². The molecule has 0 aliphatic heterocycles. The first kappa shape index (κ1) is 12.8. The maximum absolute atomic E-state index is 11.0. The van der Waals surface area contributed by atoms with Crippen molar-refractivity contribution in [2.45, 2.75) is 20.3 Å². The summed E-state index contributed by atoms with van der Waals surface area (Å²) in [6.45, 7) is 3.82. The van der Waals surface area contributed by atoms with E-state index < -0.39 is 5.97 Å². The average molecular weight is 219 g/mol. The van der Waals surface area contributed by atoms with Gasteiger partial charge in [0.2, 0.25) is 0 Å². The zero-order chi connectivity index (χ0) is 12.1. The average Bonchev–Trinajstić information content (AvgIpc) is 2.25. The van der Waals surface area contributed by atoms with Crippen LogP contribution in [-0.2, 0) is 11.2 Å². The van der Waals surface area contributed by atoms with Crippen molar-refractivity contribution < 1.29 is 14.9 Å². The van der Waals surface area contributed by atoms with Gasteiger partial charge in [-0.15, -0.1) is 0 Å². The van der Waals surface area contributed by atoms with E-state index in [1.165, 1.54) is 0 Å². The van der Waals surface area contributed by atoms with Crippen LogP contribution in [0.25, 0.3) is 0 Å². The predicted molar refractivity (Wildman–Crippen MR) is 63.7 cm³/mol. The lowest BCUT2D eigenvalue weighted by atomic mass is 9.85. The van der Waals surface area contributed by atoms with Crippen LogP contribution in [0.3, 0.4) is 0 Å². The minimum Gasteiger partial charge on any atom is -0.481 e. The van der Waals surface area contributed by atoms with E-state index in [4.69, 9.17) is 10.1 Å². The van der Waals surface area contributed by atoms with Gasteiger partial charge in [0.05, 0.1) is 5.92 Å². The maximum atomic E-state index is 11.0. The molecule has 0 heterocycles. The van der Waals surface area contributed by atoms with E-state index in [1.54, 1.807) is 12.1 Å². The smallest absolute Gasteiger partial charge is 0.326 e. The highest BCUT2D eigenvalue weighted by Gasteiger charge is 2.21. The third kappa shape index (κ3) is 3.38. The first-order chi connectivity index (χ1) is 7.54. The summed E-state index contributed by atoms with van der Waals surface area (Å²) < 4.78 is 0. The fourth-order valence-electron chi connectivity index (χ4n) is 1.60. The van der Waals surface area contributed by atoms with Crippen LogP contribution in [0.1, 0.15) is 19.4 Å². The highest BCUT2D eigenvalue weighted by molar-refractivity contribution is 6.45. The van der Waals surface area contributed by atoms with E-state index in [0.717, 1.165) is 18.5 Å². The molecule has 0 saturated heterocycles. The van der Waals surface area contributed by atoms with Gasteiger partial charge in [0, 0.05) is 0 Å². The highest BCUT2D eigenvalue weighted by Crippen LogP contribution is 2.17. The summed E-state index contributed by atoms with van der Waals surface area (Å²) in [5.74, 6) is -1.00. The minimum absolute atomic E-state index is 0.113. The molecule has 1 atom stereocenters. The van der Waals surface area contributed by atoms with Crippen molar-refractivity contribution >= 4 is 18.9 Å². The molecule has 0 aliphatic carbocycles. The summed E-state index contributed by atoms with van der Waals surface area (Å²) in [4.78, 5) is 11.0. The van der Waals surface area contributed by atoms with E-state index in [1.807, 2.05) is 26.0 Å². The van der Waals surface area contributed by atoms with Gasteiger partial charge in [-0.2, -0.15) is 0 Å². The predicted octanol–water partition coefficient (Wildman–Crippen LogP) is 0.823. The van der Waals surface area contributed by atoms with Gasteiger partial charge in [-0.1, -0.05) is 43.6 Å². The van der Waals surface area contributed by atoms with Gasteiger partial charge in [0.15, 0.2) is 0 Å². The zero-order valence-corrected chi connectivity index (χ0v) is 9.55. The van der Waals surface area contributed by atoms with Crippen molar-refractivity contribution in [3.63, 3.8) is 0 Å². The van der Waals surface area contributed by atoms with E-state index in [9.17, 15) is 4.79 Å². The maximum Gasteiger partial charge on any atom is 0.326 e. The van der Waals surface area contributed by atoms with Gasteiger partial charge in [-0.05, 0) is 17.9 Å². The standard InChI is InChI=1S/C12H16BO3/c1-8(2)11(12(14)15)7-9-3-5-10(13-16)6-4-9/h3-6,8,11,16H,7H2,1-2H3,(H,14,15). The molecule has 0 bridgehead atoms. The molecule has 16 heavy (non-hydrogen) atoms. The topological polar surface area (TPSA) is 57.5 Å². The normalized spacial score (nSPS) is 12.5. The number of hydrogen-bond acceptors (Lipinski definition) is 2. The van der Waals surface area contributed by atoms with E-state index in [0.29, 0.717) is 6.42 Å². The second-order valence-electron chi connectivity index (χ2n) is 4.26. The lowest BCUT2D eigenvalue weighted by molar-refractivity contribution is -0.143. The Labute approximate surface area is 96.4 Å². The lowest BCUT2D eigenvalue weighted by Gasteiger charge is -2.16. The Hall–Kier alpha value is -1.29. The number of carboxylic acid groups (broad SMARTS) is 1.